The Morgan fingerprint density at radius 2 is 2.29 bits per heavy atom. The van der Waals surface area contributed by atoms with Crippen molar-refractivity contribution in [2.45, 2.75) is 31.1 Å². The van der Waals surface area contributed by atoms with Gasteiger partial charge in [0.15, 0.2) is 0 Å². The van der Waals surface area contributed by atoms with Gasteiger partial charge in [-0.15, -0.1) is 0 Å². The molecule has 1 aliphatic rings. The van der Waals surface area contributed by atoms with E-state index in [0.717, 1.165) is 35.7 Å². The fraction of sp³-hybridized carbons (Fsp3) is 0.385. The van der Waals surface area contributed by atoms with Gasteiger partial charge in [0.2, 0.25) is 0 Å². The van der Waals surface area contributed by atoms with Crippen molar-refractivity contribution in [3.05, 3.63) is 30.0 Å². The first-order chi connectivity index (χ1) is 8.21. The van der Waals surface area contributed by atoms with Gasteiger partial charge in [-0.05, 0) is 18.4 Å². The molecule has 0 unspecified atom stereocenters. The van der Waals surface area contributed by atoms with Gasteiger partial charge in [0.25, 0.3) is 0 Å². The van der Waals surface area contributed by atoms with Crippen LogP contribution in [0, 0.1) is 0 Å². The Morgan fingerprint density at radius 1 is 1.47 bits per heavy atom. The lowest BCUT2D eigenvalue weighted by Crippen LogP contribution is -2.36. The molecule has 4 heteroatoms. The quantitative estimate of drug-likeness (QED) is 0.851. The summed E-state index contributed by atoms with van der Waals surface area (Å²) in [6.07, 6.45) is 5.02. The molecule has 0 amide bonds. The largest absolute Gasteiger partial charge is 0.481 e. The van der Waals surface area contributed by atoms with Crippen molar-refractivity contribution in [2.24, 2.45) is 0 Å². The van der Waals surface area contributed by atoms with E-state index in [2.05, 4.69) is 10.2 Å². The molecule has 4 nitrogen and oxygen atoms in total. The van der Waals surface area contributed by atoms with Gasteiger partial charge in [0.1, 0.15) is 0 Å². The normalized spacial score (nSPS) is 17.9. The summed E-state index contributed by atoms with van der Waals surface area (Å²) in [5.41, 5.74) is 1.92. The molecule has 0 spiro atoms. The van der Waals surface area contributed by atoms with E-state index in [-0.39, 0.29) is 11.8 Å². The van der Waals surface area contributed by atoms with Crippen molar-refractivity contribution < 1.29 is 9.90 Å². The number of carboxylic acid groups (broad SMARTS) is 1. The second-order valence-electron chi connectivity index (χ2n) is 4.84. The molecule has 2 aromatic rings. The van der Waals surface area contributed by atoms with Crippen LogP contribution in [0.5, 0.6) is 0 Å². The highest BCUT2D eigenvalue weighted by Gasteiger charge is 2.41. The topological polar surface area (TPSA) is 66.0 Å². The number of carbonyl (C=O) groups is 1. The van der Waals surface area contributed by atoms with E-state index in [0.29, 0.717) is 0 Å². The summed E-state index contributed by atoms with van der Waals surface area (Å²) >= 11 is 0. The molecule has 0 radical (unpaired) electrons. The zero-order valence-electron chi connectivity index (χ0n) is 9.44. The first kappa shape index (κ1) is 10.3. The first-order valence-corrected chi connectivity index (χ1v) is 5.86. The summed E-state index contributed by atoms with van der Waals surface area (Å²) in [7, 11) is 0. The van der Waals surface area contributed by atoms with Crippen LogP contribution in [0.2, 0.25) is 0 Å². The summed E-state index contributed by atoms with van der Waals surface area (Å²) in [6, 6.07) is 6.01. The summed E-state index contributed by atoms with van der Waals surface area (Å²) in [5.74, 6) is -0.721. The number of aromatic amines is 1. The maximum absolute atomic E-state index is 11.0. The minimum absolute atomic E-state index is 0.183. The van der Waals surface area contributed by atoms with Crippen molar-refractivity contribution in [3.8, 4) is 0 Å². The highest BCUT2D eigenvalue weighted by Crippen LogP contribution is 2.48. The number of benzene rings is 1. The molecule has 88 valence electrons. The van der Waals surface area contributed by atoms with Gasteiger partial charge in [-0.3, -0.25) is 9.89 Å². The molecule has 0 aliphatic heterocycles. The molecule has 1 aromatic heterocycles. The molecule has 1 fully saturated rings. The predicted octanol–water partition coefficient (Wildman–Crippen LogP) is 2.46. The van der Waals surface area contributed by atoms with E-state index in [1.165, 1.54) is 0 Å². The third-order valence-corrected chi connectivity index (χ3v) is 3.85. The summed E-state index contributed by atoms with van der Waals surface area (Å²) in [6.45, 7) is 0. The molecule has 1 heterocycles. The Labute approximate surface area is 98.6 Å². The zero-order valence-corrected chi connectivity index (χ0v) is 9.44. The van der Waals surface area contributed by atoms with Crippen LogP contribution in [0.4, 0.5) is 0 Å². The summed E-state index contributed by atoms with van der Waals surface area (Å²) in [4.78, 5) is 11.0. The lowest BCUT2D eigenvalue weighted by molar-refractivity contribution is -0.139. The lowest BCUT2D eigenvalue weighted by Gasteiger charge is -2.41. The van der Waals surface area contributed by atoms with E-state index in [1.54, 1.807) is 6.20 Å². The molecule has 0 atom stereocenters. The van der Waals surface area contributed by atoms with Crippen molar-refractivity contribution >= 4 is 16.9 Å². The fourth-order valence-corrected chi connectivity index (χ4v) is 2.85. The molecular formula is C13H14N2O2. The molecule has 17 heavy (non-hydrogen) atoms. The number of hydrogen-bond donors (Lipinski definition) is 2. The van der Waals surface area contributed by atoms with Crippen molar-refractivity contribution in [3.63, 3.8) is 0 Å². The third kappa shape index (κ3) is 1.52. The van der Waals surface area contributed by atoms with Gasteiger partial charge in [0.05, 0.1) is 18.1 Å². The Morgan fingerprint density at radius 3 is 2.94 bits per heavy atom. The number of fused-ring (bicyclic) bond motifs is 1. The zero-order chi connectivity index (χ0) is 11.9. The van der Waals surface area contributed by atoms with E-state index in [9.17, 15) is 4.79 Å². The van der Waals surface area contributed by atoms with Crippen LogP contribution in [0.15, 0.2) is 24.4 Å². The predicted molar refractivity (Wildman–Crippen MR) is 63.9 cm³/mol. The summed E-state index contributed by atoms with van der Waals surface area (Å²) < 4.78 is 0. The molecule has 0 bridgehead atoms. The van der Waals surface area contributed by atoms with Crippen LogP contribution in [-0.2, 0) is 10.2 Å². The molecule has 2 N–H and O–H groups in total. The number of carboxylic acids is 1. The fourth-order valence-electron chi connectivity index (χ4n) is 2.85. The first-order valence-electron chi connectivity index (χ1n) is 5.86. The van der Waals surface area contributed by atoms with Crippen LogP contribution < -0.4 is 0 Å². The molecule has 3 rings (SSSR count). The van der Waals surface area contributed by atoms with Gasteiger partial charge < -0.3 is 5.11 Å². The number of aromatic nitrogens is 2. The van der Waals surface area contributed by atoms with Crippen molar-refractivity contribution in [2.75, 3.05) is 0 Å². The standard InChI is InChI=1S/C13H14N2O2/c16-11(17)7-13(5-2-6-13)10-4-1-3-9-8-14-15-12(9)10/h1,3-4,8H,2,5-7H2,(H,14,15)(H,16,17). The second-order valence-corrected chi connectivity index (χ2v) is 4.84. The van der Waals surface area contributed by atoms with Gasteiger partial charge in [-0.1, -0.05) is 24.6 Å². The summed E-state index contributed by atoms with van der Waals surface area (Å²) in [5, 5.41) is 17.2. The molecule has 1 saturated carbocycles. The highest BCUT2D eigenvalue weighted by molar-refractivity contribution is 5.83. The van der Waals surface area contributed by atoms with Crippen LogP contribution >= 0.6 is 0 Å². The van der Waals surface area contributed by atoms with Crippen molar-refractivity contribution in [1.29, 1.82) is 0 Å². The van der Waals surface area contributed by atoms with Gasteiger partial charge >= 0.3 is 5.97 Å². The Hall–Kier alpha value is -1.84. The average Bonchev–Trinajstić information content (AvgIpc) is 2.70. The number of aliphatic carboxylic acids is 1. The van der Waals surface area contributed by atoms with Gasteiger partial charge in [0, 0.05) is 10.8 Å². The van der Waals surface area contributed by atoms with Gasteiger partial charge in [-0.25, -0.2) is 0 Å². The molecular weight excluding hydrogens is 216 g/mol. The monoisotopic (exact) mass is 230 g/mol. The van der Waals surface area contributed by atoms with Crippen LogP contribution in [0.25, 0.3) is 10.9 Å². The number of rotatable bonds is 3. The minimum Gasteiger partial charge on any atom is -0.481 e. The Kier molecular flexibility index (Phi) is 2.18. The van der Waals surface area contributed by atoms with Crippen LogP contribution in [0.3, 0.4) is 0 Å². The third-order valence-electron chi connectivity index (χ3n) is 3.85. The maximum atomic E-state index is 11.0. The average molecular weight is 230 g/mol. The number of para-hydroxylation sites is 1. The molecule has 1 aliphatic carbocycles. The van der Waals surface area contributed by atoms with Crippen molar-refractivity contribution in [1.82, 2.24) is 10.2 Å². The maximum Gasteiger partial charge on any atom is 0.304 e. The Balaban J connectivity index is 2.12. The second kappa shape index (κ2) is 3.58. The minimum atomic E-state index is -0.721. The lowest BCUT2D eigenvalue weighted by atomic mass is 9.62. The van der Waals surface area contributed by atoms with E-state index in [4.69, 9.17) is 5.11 Å². The highest BCUT2D eigenvalue weighted by atomic mass is 16.4. The number of H-pyrrole nitrogens is 1. The molecule has 1 aromatic carbocycles. The number of hydrogen-bond acceptors (Lipinski definition) is 2. The van der Waals surface area contributed by atoms with Gasteiger partial charge in [-0.2, -0.15) is 5.10 Å². The Bertz CT molecular complexity index is 570. The number of nitrogens with zero attached hydrogens (tertiary/aromatic N) is 1. The molecule has 0 saturated heterocycles. The van der Waals surface area contributed by atoms with E-state index >= 15 is 0 Å². The number of nitrogens with one attached hydrogen (secondary N) is 1. The van der Waals surface area contributed by atoms with E-state index < -0.39 is 5.97 Å². The SMILES string of the molecule is O=C(O)CC1(c2cccc3cn[nH]c23)CCC1. The van der Waals surface area contributed by atoms with Crippen LogP contribution in [0.1, 0.15) is 31.2 Å². The van der Waals surface area contributed by atoms with E-state index in [1.807, 2.05) is 18.2 Å². The van der Waals surface area contributed by atoms with Crippen LogP contribution in [-0.4, -0.2) is 21.3 Å². The smallest absolute Gasteiger partial charge is 0.304 e.